The Morgan fingerprint density at radius 3 is 2.53 bits per heavy atom. The second-order valence-electron chi connectivity index (χ2n) is 2.51. The Bertz CT molecular complexity index is 406. The number of halogens is 2. The molecule has 0 heterocycles. The highest BCUT2D eigenvalue weighted by Gasteiger charge is 2.00. The van der Waals surface area contributed by atoms with Crippen LogP contribution in [0.5, 0.6) is 0 Å². The van der Waals surface area contributed by atoms with E-state index in [1.165, 1.54) is 6.08 Å². The number of rotatable bonds is 2. The van der Waals surface area contributed by atoms with Crippen LogP contribution in [-0.2, 0) is 11.2 Å². The third-order valence-electron chi connectivity index (χ3n) is 1.76. The van der Waals surface area contributed by atoms with E-state index >= 15 is 0 Å². The highest BCUT2D eigenvalue weighted by Crippen LogP contribution is 2.20. The van der Waals surface area contributed by atoms with E-state index in [1.807, 2.05) is 13.0 Å². The molecule has 0 fully saturated rings. The zero-order valence-corrected chi connectivity index (χ0v) is 9.69. The first-order chi connectivity index (χ1) is 6.31. The monoisotopic (exact) mass is 244 g/mol. The standard InChI is InChI=1S/C10H8N2O.2ClH/c1-2-9-5-8(6-11)3-4-10(9)12-7-13;;/h3-5H,2H2,1H3;2*1H. The topological polar surface area (TPSA) is 53.2 Å². The molecule has 1 aromatic rings. The summed E-state index contributed by atoms with van der Waals surface area (Å²) in [5, 5.41) is 8.62. The van der Waals surface area contributed by atoms with Crippen LogP contribution in [0.25, 0.3) is 0 Å². The summed E-state index contributed by atoms with van der Waals surface area (Å²) in [6.45, 7) is 1.94. The van der Waals surface area contributed by atoms with E-state index in [1.54, 1.807) is 18.2 Å². The number of isocyanates is 1. The van der Waals surface area contributed by atoms with Gasteiger partial charge in [0.25, 0.3) is 0 Å². The van der Waals surface area contributed by atoms with Crippen molar-refractivity contribution >= 4 is 36.6 Å². The third kappa shape index (κ3) is 4.14. The Hall–Kier alpha value is -1.33. The molecule has 0 aromatic heterocycles. The number of hydrogen-bond acceptors (Lipinski definition) is 3. The van der Waals surface area contributed by atoms with Crippen molar-refractivity contribution in [2.45, 2.75) is 13.3 Å². The molecule has 5 heteroatoms. The van der Waals surface area contributed by atoms with E-state index in [2.05, 4.69) is 4.99 Å². The van der Waals surface area contributed by atoms with Crippen molar-refractivity contribution in [3.63, 3.8) is 0 Å². The van der Waals surface area contributed by atoms with Crippen LogP contribution in [0.4, 0.5) is 5.69 Å². The Labute approximate surface area is 101 Å². The molecule has 80 valence electrons. The Morgan fingerprint density at radius 1 is 1.40 bits per heavy atom. The summed E-state index contributed by atoms with van der Waals surface area (Å²) in [6, 6.07) is 7.05. The fourth-order valence-corrected chi connectivity index (χ4v) is 1.10. The number of hydrogen-bond donors (Lipinski definition) is 0. The summed E-state index contributed by atoms with van der Waals surface area (Å²) in [5.74, 6) is 0. The van der Waals surface area contributed by atoms with E-state index in [0.29, 0.717) is 11.3 Å². The van der Waals surface area contributed by atoms with Crippen LogP contribution in [0.2, 0.25) is 0 Å². The molecule has 1 rings (SSSR count). The quantitative estimate of drug-likeness (QED) is 0.594. The minimum absolute atomic E-state index is 0. The van der Waals surface area contributed by atoms with E-state index in [9.17, 15) is 4.79 Å². The largest absolute Gasteiger partial charge is 0.240 e. The first-order valence-electron chi connectivity index (χ1n) is 3.92. The molecule has 0 N–H and O–H groups in total. The molecule has 0 radical (unpaired) electrons. The Kier molecular flexibility index (Phi) is 8.61. The van der Waals surface area contributed by atoms with Crippen LogP contribution < -0.4 is 0 Å². The fraction of sp³-hybridized carbons (Fsp3) is 0.200. The summed E-state index contributed by atoms with van der Waals surface area (Å²) < 4.78 is 0. The van der Waals surface area contributed by atoms with E-state index in [-0.39, 0.29) is 24.8 Å². The zero-order valence-electron chi connectivity index (χ0n) is 8.06. The second-order valence-corrected chi connectivity index (χ2v) is 2.51. The van der Waals surface area contributed by atoms with Crippen LogP contribution in [0.3, 0.4) is 0 Å². The summed E-state index contributed by atoms with van der Waals surface area (Å²) in [7, 11) is 0. The van der Waals surface area contributed by atoms with Gasteiger partial charge in [-0.1, -0.05) is 6.92 Å². The summed E-state index contributed by atoms with van der Waals surface area (Å²) in [5.41, 5.74) is 2.07. The molecule has 0 unspecified atom stereocenters. The Morgan fingerprint density at radius 2 is 2.07 bits per heavy atom. The molecule has 0 bridgehead atoms. The molecule has 0 aliphatic carbocycles. The lowest BCUT2D eigenvalue weighted by molar-refractivity contribution is 0.565. The fourth-order valence-electron chi connectivity index (χ4n) is 1.10. The number of carbonyl (C=O) groups excluding carboxylic acids is 1. The third-order valence-corrected chi connectivity index (χ3v) is 1.76. The van der Waals surface area contributed by atoms with Gasteiger partial charge in [-0.25, -0.2) is 4.79 Å². The molecule has 0 saturated heterocycles. The van der Waals surface area contributed by atoms with Gasteiger partial charge in [0.1, 0.15) is 0 Å². The van der Waals surface area contributed by atoms with Crippen molar-refractivity contribution in [3.05, 3.63) is 29.3 Å². The smallest absolute Gasteiger partial charge is 0.211 e. The van der Waals surface area contributed by atoms with Gasteiger partial charge in [-0.05, 0) is 30.2 Å². The molecular formula is C10H10Cl2N2O. The number of nitriles is 1. The molecule has 15 heavy (non-hydrogen) atoms. The highest BCUT2D eigenvalue weighted by atomic mass is 35.5. The second kappa shape index (κ2) is 8.02. The molecule has 3 nitrogen and oxygen atoms in total. The summed E-state index contributed by atoms with van der Waals surface area (Å²) >= 11 is 0. The highest BCUT2D eigenvalue weighted by molar-refractivity contribution is 5.85. The average molecular weight is 245 g/mol. The first kappa shape index (κ1) is 16.1. The van der Waals surface area contributed by atoms with E-state index in [4.69, 9.17) is 5.26 Å². The van der Waals surface area contributed by atoms with Crippen LogP contribution in [-0.4, -0.2) is 6.08 Å². The molecule has 0 amide bonds. The van der Waals surface area contributed by atoms with Gasteiger partial charge in [0.05, 0.1) is 17.3 Å². The number of nitrogens with zero attached hydrogens (tertiary/aromatic N) is 2. The molecule has 1 aromatic carbocycles. The lowest BCUT2D eigenvalue weighted by Crippen LogP contribution is -1.83. The summed E-state index contributed by atoms with van der Waals surface area (Å²) in [4.78, 5) is 13.6. The Balaban J connectivity index is 0. The van der Waals surface area contributed by atoms with Crippen LogP contribution in [0.15, 0.2) is 23.2 Å². The molecule has 0 spiro atoms. The maximum Gasteiger partial charge on any atom is 0.240 e. The van der Waals surface area contributed by atoms with Crippen molar-refractivity contribution in [1.29, 1.82) is 5.26 Å². The molecule has 0 aliphatic rings. The maximum atomic E-state index is 10.0. The van der Waals surface area contributed by atoms with Crippen molar-refractivity contribution in [2.75, 3.05) is 0 Å². The van der Waals surface area contributed by atoms with Gasteiger partial charge in [0.15, 0.2) is 0 Å². The van der Waals surface area contributed by atoms with Gasteiger partial charge >= 0.3 is 0 Å². The predicted molar refractivity (Wildman–Crippen MR) is 62.8 cm³/mol. The van der Waals surface area contributed by atoms with Crippen molar-refractivity contribution in [1.82, 2.24) is 0 Å². The molecule has 0 aliphatic heterocycles. The van der Waals surface area contributed by atoms with Crippen LogP contribution in [0.1, 0.15) is 18.1 Å². The maximum absolute atomic E-state index is 10.0. The van der Waals surface area contributed by atoms with Crippen molar-refractivity contribution < 1.29 is 4.79 Å². The lowest BCUT2D eigenvalue weighted by atomic mass is 10.1. The van der Waals surface area contributed by atoms with Gasteiger partial charge in [-0.2, -0.15) is 10.3 Å². The van der Waals surface area contributed by atoms with E-state index < -0.39 is 0 Å². The van der Waals surface area contributed by atoms with Crippen LogP contribution >= 0.6 is 24.8 Å². The zero-order chi connectivity index (χ0) is 9.68. The molecule has 0 atom stereocenters. The predicted octanol–water partition coefficient (Wildman–Crippen LogP) is 2.93. The number of benzene rings is 1. The number of aliphatic imine (C=N–C) groups is 1. The molecule has 0 saturated carbocycles. The SMILES string of the molecule is CCc1cc(C#N)ccc1N=C=O.Cl.Cl. The van der Waals surface area contributed by atoms with Crippen molar-refractivity contribution in [2.24, 2.45) is 4.99 Å². The van der Waals surface area contributed by atoms with Crippen LogP contribution in [0, 0.1) is 11.3 Å². The van der Waals surface area contributed by atoms with Gasteiger partial charge in [-0.15, -0.1) is 24.8 Å². The van der Waals surface area contributed by atoms with Gasteiger partial charge in [-0.3, -0.25) is 0 Å². The summed E-state index contributed by atoms with van der Waals surface area (Å²) in [6.07, 6.45) is 2.23. The van der Waals surface area contributed by atoms with Gasteiger partial charge in [0, 0.05) is 0 Å². The minimum atomic E-state index is 0. The van der Waals surface area contributed by atoms with E-state index in [0.717, 1.165) is 12.0 Å². The number of aryl methyl sites for hydroxylation is 1. The normalized spacial score (nSPS) is 7.47. The molecular weight excluding hydrogens is 235 g/mol. The first-order valence-corrected chi connectivity index (χ1v) is 3.92. The average Bonchev–Trinajstić information content (AvgIpc) is 2.19. The van der Waals surface area contributed by atoms with Gasteiger partial charge < -0.3 is 0 Å². The van der Waals surface area contributed by atoms with Gasteiger partial charge in [0.2, 0.25) is 6.08 Å². The lowest BCUT2D eigenvalue weighted by Gasteiger charge is -2.00. The van der Waals surface area contributed by atoms with Crippen molar-refractivity contribution in [3.8, 4) is 6.07 Å². The minimum Gasteiger partial charge on any atom is -0.211 e.